The molecular formula is C33H33N5O6S. The van der Waals surface area contributed by atoms with E-state index in [1.807, 2.05) is 24.0 Å². The van der Waals surface area contributed by atoms with Gasteiger partial charge in [-0.05, 0) is 79.5 Å². The maximum atomic E-state index is 15.4. The van der Waals surface area contributed by atoms with Gasteiger partial charge in [0.25, 0.3) is 15.9 Å². The van der Waals surface area contributed by atoms with Gasteiger partial charge in [0.15, 0.2) is 5.54 Å². The highest BCUT2D eigenvalue weighted by Crippen LogP contribution is 2.56. The molecule has 4 aromatic rings. The second kappa shape index (κ2) is 12.0. The Morgan fingerprint density at radius 3 is 2.56 bits per heavy atom. The quantitative estimate of drug-likeness (QED) is 0.268. The van der Waals surface area contributed by atoms with Crippen molar-refractivity contribution in [3.63, 3.8) is 0 Å². The second-order valence-electron chi connectivity index (χ2n) is 10.8. The Morgan fingerprint density at radius 2 is 1.89 bits per heavy atom. The number of carbonyl (C=O) groups is 1. The lowest BCUT2D eigenvalue weighted by atomic mass is 9.79. The van der Waals surface area contributed by atoms with Crippen molar-refractivity contribution in [3.05, 3.63) is 101 Å². The summed E-state index contributed by atoms with van der Waals surface area (Å²) in [7, 11) is -1.44. The molecule has 3 aromatic carbocycles. The summed E-state index contributed by atoms with van der Waals surface area (Å²) < 4.78 is 46.7. The molecule has 0 saturated carbocycles. The fraction of sp³-hybridized carbons (Fsp3) is 0.303. The molecule has 45 heavy (non-hydrogen) atoms. The van der Waals surface area contributed by atoms with Crippen molar-refractivity contribution >= 4 is 21.6 Å². The Kier molecular flexibility index (Phi) is 8.09. The fourth-order valence-electron chi connectivity index (χ4n) is 6.47. The minimum atomic E-state index is -4.44. The van der Waals surface area contributed by atoms with Gasteiger partial charge in [0.2, 0.25) is 5.89 Å². The monoisotopic (exact) mass is 627 g/mol. The molecule has 0 spiro atoms. The zero-order chi connectivity index (χ0) is 31.8. The van der Waals surface area contributed by atoms with Crippen molar-refractivity contribution in [2.24, 2.45) is 0 Å². The van der Waals surface area contributed by atoms with E-state index in [1.165, 1.54) is 56.9 Å². The molecule has 0 aliphatic carbocycles. The smallest absolute Gasteiger partial charge is 0.271 e. The maximum Gasteiger partial charge on any atom is 0.271 e. The van der Waals surface area contributed by atoms with Crippen LogP contribution >= 0.6 is 0 Å². The molecular weight excluding hydrogens is 594 g/mol. The fourth-order valence-corrected chi connectivity index (χ4v) is 7.93. The van der Waals surface area contributed by atoms with Crippen LogP contribution in [0, 0.1) is 11.3 Å². The van der Waals surface area contributed by atoms with Crippen LogP contribution in [0.25, 0.3) is 0 Å². The number of benzene rings is 3. The Bertz CT molecular complexity index is 1870. The molecule has 1 amide bonds. The molecule has 11 nitrogen and oxygen atoms in total. The van der Waals surface area contributed by atoms with Gasteiger partial charge in [-0.15, -0.1) is 0 Å². The van der Waals surface area contributed by atoms with Crippen LogP contribution in [0.15, 0.2) is 82.4 Å². The third-order valence-corrected chi connectivity index (χ3v) is 10.2. The van der Waals surface area contributed by atoms with Crippen molar-refractivity contribution in [1.29, 1.82) is 5.26 Å². The first-order valence-corrected chi connectivity index (χ1v) is 16.1. The Morgan fingerprint density at radius 1 is 1.09 bits per heavy atom. The molecule has 232 valence electrons. The van der Waals surface area contributed by atoms with Gasteiger partial charge in [-0.3, -0.25) is 9.69 Å². The van der Waals surface area contributed by atoms with Crippen LogP contribution in [-0.4, -0.2) is 51.5 Å². The van der Waals surface area contributed by atoms with Gasteiger partial charge in [0, 0.05) is 24.2 Å². The van der Waals surface area contributed by atoms with Crippen molar-refractivity contribution in [3.8, 4) is 17.6 Å². The number of nitrogens with one attached hydrogen (secondary N) is 1. The van der Waals surface area contributed by atoms with Crippen LogP contribution in [0.4, 0.5) is 5.69 Å². The molecule has 2 aliphatic heterocycles. The highest BCUT2D eigenvalue weighted by molar-refractivity contribution is 7.93. The normalized spacial score (nSPS) is 19.8. The largest absolute Gasteiger partial charge is 0.497 e. The molecule has 6 rings (SSSR count). The van der Waals surface area contributed by atoms with Gasteiger partial charge in [0.1, 0.15) is 17.8 Å². The number of sulfonamides is 1. The lowest BCUT2D eigenvalue weighted by Crippen LogP contribution is -2.54. The molecule has 2 atom stereocenters. The van der Waals surface area contributed by atoms with Gasteiger partial charge in [-0.25, -0.2) is 17.7 Å². The third-order valence-electron chi connectivity index (χ3n) is 8.48. The number of hydrogen-bond donors (Lipinski definition) is 1. The number of likely N-dealkylation sites (tertiary alicyclic amines) is 1. The number of methoxy groups -OCH3 is 2. The van der Waals surface area contributed by atoms with Crippen LogP contribution in [0.3, 0.4) is 0 Å². The van der Waals surface area contributed by atoms with Gasteiger partial charge < -0.3 is 19.2 Å². The van der Waals surface area contributed by atoms with Crippen LogP contribution in [0.1, 0.15) is 54.0 Å². The molecule has 2 aliphatic rings. The standard InChI is InChI=1S/C33H33N5O6S/c1-4-35-21-23-8-14-30(43-3)27(19-23)33(37-16-5-6-29(37)31-36-15-17-44-31)26-18-22(20-34)7-13-28(26)38(32(33)39)45(40,41)25-11-9-24(42-2)10-12-25/h7-15,17-19,29,35H,4-6,16,21H2,1-3H3. The molecule has 1 fully saturated rings. The predicted molar refractivity (Wildman–Crippen MR) is 165 cm³/mol. The minimum Gasteiger partial charge on any atom is -0.497 e. The first-order chi connectivity index (χ1) is 21.8. The van der Waals surface area contributed by atoms with E-state index in [4.69, 9.17) is 13.9 Å². The zero-order valence-electron chi connectivity index (χ0n) is 25.2. The van der Waals surface area contributed by atoms with Crippen LogP contribution < -0.4 is 19.1 Å². The zero-order valence-corrected chi connectivity index (χ0v) is 26.0. The number of aromatic nitrogens is 1. The molecule has 0 bridgehead atoms. The first-order valence-electron chi connectivity index (χ1n) is 14.6. The number of nitriles is 1. The number of nitrogens with zero attached hydrogens (tertiary/aromatic N) is 4. The SMILES string of the molecule is CCNCc1ccc(OC)c(C2(N3CCCC3c3ncco3)C(=O)N(S(=O)(=O)c3ccc(OC)cc3)c3ccc(C#N)cc32)c1. The Labute approximate surface area is 262 Å². The number of oxazole rings is 1. The van der Waals surface area contributed by atoms with Crippen LogP contribution in [0.5, 0.6) is 11.5 Å². The maximum absolute atomic E-state index is 15.4. The van der Waals surface area contributed by atoms with Crippen molar-refractivity contribution in [2.75, 3.05) is 31.6 Å². The van der Waals surface area contributed by atoms with E-state index in [0.29, 0.717) is 54.4 Å². The first kappa shape index (κ1) is 30.3. The van der Waals surface area contributed by atoms with E-state index in [0.717, 1.165) is 16.4 Å². The molecule has 1 aromatic heterocycles. The lowest BCUT2D eigenvalue weighted by molar-refractivity contribution is -0.127. The summed E-state index contributed by atoms with van der Waals surface area (Å²) >= 11 is 0. The highest BCUT2D eigenvalue weighted by atomic mass is 32.2. The van der Waals surface area contributed by atoms with E-state index in [-0.39, 0.29) is 16.1 Å². The van der Waals surface area contributed by atoms with Gasteiger partial charge >= 0.3 is 0 Å². The molecule has 0 radical (unpaired) electrons. The summed E-state index contributed by atoms with van der Waals surface area (Å²) in [6, 6.07) is 17.8. The highest BCUT2D eigenvalue weighted by Gasteiger charge is 2.62. The molecule has 1 N–H and O–H groups in total. The lowest BCUT2D eigenvalue weighted by Gasteiger charge is -2.41. The van der Waals surface area contributed by atoms with Crippen molar-refractivity contribution in [2.45, 2.75) is 42.8 Å². The summed E-state index contributed by atoms with van der Waals surface area (Å²) in [6.07, 6.45) is 4.34. The average Bonchev–Trinajstić information content (AvgIpc) is 3.82. The van der Waals surface area contributed by atoms with E-state index in [2.05, 4.69) is 16.4 Å². The topological polar surface area (TPSA) is 138 Å². The van der Waals surface area contributed by atoms with E-state index >= 15 is 4.79 Å². The summed E-state index contributed by atoms with van der Waals surface area (Å²) in [6.45, 7) is 3.66. The number of fused-ring (bicyclic) bond motifs is 1. The number of rotatable bonds is 10. The van der Waals surface area contributed by atoms with Crippen LogP contribution in [0.2, 0.25) is 0 Å². The summed E-state index contributed by atoms with van der Waals surface area (Å²) in [5.74, 6) is 0.583. The van der Waals surface area contributed by atoms with Crippen LogP contribution in [-0.2, 0) is 26.9 Å². The average molecular weight is 628 g/mol. The number of carbonyl (C=O) groups excluding carboxylic acids is 1. The van der Waals surface area contributed by atoms with Gasteiger partial charge in [0.05, 0.1) is 48.7 Å². The van der Waals surface area contributed by atoms with Crippen molar-refractivity contribution in [1.82, 2.24) is 15.2 Å². The summed E-state index contributed by atoms with van der Waals surface area (Å²) in [4.78, 5) is 21.7. The Hall–Kier alpha value is -4.70. The molecule has 3 heterocycles. The van der Waals surface area contributed by atoms with Crippen molar-refractivity contribution < 1.29 is 27.1 Å². The number of anilines is 1. The molecule has 2 unspecified atom stereocenters. The second-order valence-corrected chi connectivity index (χ2v) is 12.6. The Balaban J connectivity index is 1.68. The predicted octanol–water partition coefficient (Wildman–Crippen LogP) is 4.49. The molecule has 12 heteroatoms. The number of ether oxygens (including phenoxy) is 2. The summed E-state index contributed by atoms with van der Waals surface area (Å²) in [5.41, 5.74) is 0.427. The third kappa shape index (κ3) is 4.84. The van der Waals surface area contributed by atoms with Gasteiger partial charge in [-0.1, -0.05) is 13.0 Å². The molecule has 1 saturated heterocycles. The number of amides is 1. The van der Waals surface area contributed by atoms with E-state index in [9.17, 15) is 13.7 Å². The van der Waals surface area contributed by atoms with E-state index < -0.39 is 27.5 Å². The van der Waals surface area contributed by atoms with Gasteiger partial charge in [-0.2, -0.15) is 5.26 Å². The summed E-state index contributed by atoms with van der Waals surface area (Å²) in [5, 5.41) is 13.3. The minimum absolute atomic E-state index is 0.0821. The van der Waals surface area contributed by atoms with E-state index in [1.54, 1.807) is 18.3 Å². The number of hydrogen-bond acceptors (Lipinski definition) is 10.